The quantitative estimate of drug-likeness (QED) is 0.802. The summed E-state index contributed by atoms with van der Waals surface area (Å²) in [5.74, 6) is -0.229. The fourth-order valence-corrected chi connectivity index (χ4v) is 1.84. The van der Waals surface area contributed by atoms with Crippen LogP contribution in [-0.4, -0.2) is 36.4 Å². The summed E-state index contributed by atoms with van der Waals surface area (Å²) in [6.45, 7) is 3.65. The van der Waals surface area contributed by atoms with Crippen molar-refractivity contribution in [2.24, 2.45) is 0 Å². The SMILES string of the molecule is Fc1ccc(CNC(=S)NN2CCOCC2)cc1. The molecule has 4 nitrogen and oxygen atoms in total. The first-order chi connectivity index (χ1) is 8.74. The Labute approximate surface area is 111 Å². The predicted octanol–water partition coefficient (Wildman–Crippen LogP) is 1.04. The number of rotatable bonds is 3. The van der Waals surface area contributed by atoms with Gasteiger partial charge in [-0.2, -0.15) is 0 Å². The van der Waals surface area contributed by atoms with Crippen molar-refractivity contribution in [3.63, 3.8) is 0 Å². The van der Waals surface area contributed by atoms with Crippen LogP contribution in [0, 0.1) is 5.82 Å². The largest absolute Gasteiger partial charge is 0.379 e. The van der Waals surface area contributed by atoms with Crippen LogP contribution >= 0.6 is 12.2 Å². The van der Waals surface area contributed by atoms with Gasteiger partial charge in [0.1, 0.15) is 5.82 Å². The molecule has 1 heterocycles. The Kier molecular flexibility index (Phi) is 4.86. The van der Waals surface area contributed by atoms with Gasteiger partial charge in [-0.1, -0.05) is 12.1 Å². The summed E-state index contributed by atoms with van der Waals surface area (Å²) < 4.78 is 18.0. The van der Waals surface area contributed by atoms with Crippen LogP contribution in [0.15, 0.2) is 24.3 Å². The molecular formula is C12H16FN3OS. The molecule has 0 aromatic heterocycles. The molecule has 0 spiro atoms. The first-order valence-electron chi connectivity index (χ1n) is 5.85. The molecule has 18 heavy (non-hydrogen) atoms. The molecule has 0 unspecified atom stereocenters. The Morgan fingerprint density at radius 1 is 1.28 bits per heavy atom. The molecule has 1 aliphatic heterocycles. The maximum Gasteiger partial charge on any atom is 0.181 e. The lowest BCUT2D eigenvalue weighted by Crippen LogP contribution is -2.51. The molecule has 0 atom stereocenters. The first kappa shape index (κ1) is 13.2. The van der Waals surface area contributed by atoms with Gasteiger partial charge in [0.25, 0.3) is 0 Å². The number of thiocarbonyl (C=S) groups is 1. The topological polar surface area (TPSA) is 36.5 Å². The molecule has 6 heteroatoms. The Balaban J connectivity index is 1.72. The van der Waals surface area contributed by atoms with Gasteiger partial charge in [0.15, 0.2) is 5.11 Å². The van der Waals surface area contributed by atoms with E-state index in [1.54, 1.807) is 12.1 Å². The summed E-state index contributed by atoms with van der Waals surface area (Å²) in [6, 6.07) is 6.35. The minimum absolute atomic E-state index is 0.229. The van der Waals surface area contributed by atoms with Crippen molar-refractivity contribution in [1.82, 2.24) is 15.8 Å². The second-order valence-corrected chi connectivity index (χ2v) is 4.43. The third kappa shape index (κ3) is 4.21. The normalized spacial score (nSPS) is 16.3. The molecule has 2 rings (SSSR count). The molecule has 1 aromatic rings. The number of hydrazine groups is 1. The van der Waals surface area contributed by atoms with E-state index in [1.807, 2.05) is 5.01 Å². The number of halogens is 1. The van der Waals surface area contributed by atoms with Gasteiger partial charge < -0.3 is 10.1 Å². The maximum absolute atomic E-state index is 12.7. The van der Waals surface area contributed by atoms with Gasteiger partial charge in [0.05, 0.1) is 13.2 Å². The van der Waals surface area contributed by atoms with Crippen LogP contribution in [0.3, 0.4) is 0 Å². The zero-order valence-corrected chi connectivity index (χ0v) is 10.8. The molecule has 1 aliphatic rings. The van der Waals surface area contributed by atoms with Crippen LogP contribution in [0.25, 0.3) is 0 Å². The summed E-state index contributed by atoms with van der Waals surface area (Å²) in [5.41, 5.74) is 4.09. The standard InChI is InChI=1S/C12H16FN3OS/c13-11-3-1-10(2-4-11)9-14-12(18)15-16-5-7-17-8-6-16/h1-4H,5-9H2,(H2,14,15,18). The van der Waals surface area contributed by atoms with Crippen LogP contribution < -0.4 is 10.7 Å². The second-order valence-electron chi connectivity index (χ2n) is 4.02. The van der Waals surface area contributed by atoms with Gasteiger partial charge in [0.2, 0.25) is 0 Å². The highest BCUT2D eigenvalue weighted by atomic mass is 32.1. The number of hydrogen-bond donors (Lipinski definition) is 2. The maximum atomic E-state index is 12.7. The highest BCUT2D eigenvalue weighted by Gasteiger charge is 2.10. The van der Waals surface area contributed by atoms with Gasteiger partial charge in [-0.3, -0.25) is 5.43 Å². The van der Waals surface area contributed by atoms with E-state index in [2.05, 4.69) is 10.7 Å². The molecule has 98 valence electrons. The van der Waals surface area contributed by atoms with Crippen LogP contribution in [0.1, 0.15) is 5.56 Å². The lowest BCUT2D eigenvalue weighted by molar-refractivity contribution is 0.0247. The Morgan fingerprint density at radius 3 is 2.61 bits per heavy atom. The number of nitrogens with one attached hydrogen (secondary N) is 2. The van der Waals surface area contributed by atoms with Crippen LogP contribution in [-0.2, 0) is 11.3 Å². The monoisotopic (exact) mass is 269 g/mol. The minimum atomic E-state index is -0.229. The molecular weight excluding hydrogens is 253 g/mol. The smallest absolute Gasteiger partial charge is 0.181 e. The molecule has 0 saturated carbocycles. The zero-order chi connectivity index (χ0) is 12.8. The molecule has 1 saturated heterocycles. The molecule has 0 bridgehead atoms. The molecule has 0 amide bonds. The number of morpholine rings is 1. The van der Waals surface area contributed by atoms with Crippen molar-refractivity contribution in [3.8, 4) is 0 Å². The number of benzene rings is 1. The van der Waals surface area contributed by atoms with Gasteiger partial charge in [0, 0.05) is 19.6 Å². The lowest BCUT2D eigenvalue weighted by Gasteiger charge is -2.28. The van der Waals surface area contributed by atoms with Crippen LogP contribution in [0.5, 0.6) is 0 Å². The summed E-state index contributed by atoms with van der Waals surface area (Å²) in [7, 11) is 0. The van der Waals surface area contributed by atoms with E-state index in [0.29, 0.717) is 24.9 Å². The number of hydrogen-bond acceptors (Lipinski definition) is 3. The van der Waals surface area contributed by atoms with Gasteiger partial charge in [-0.15, -0.1) is 0 Å². The van der Waals surface area contributed by atoms with Crippen molar-refractivity contribution in [3.05, 3.63) is 35.6 Å². The number of ether oxygens (including phenoxy) is 1. The lowest BCUT2D eigenvalue weighted by atomic mass is 10.2. The molecule has 1 aromatic carbocycles. The highest BCUT2D eigenvalue weighted by molar-refractivity contribution is 7.80. The minimum Gasteiger partial charge on any atom is -0.379 e. The fraction of sp³-hybridized carbons (Fsp3) is 0.417. The van der Waals surface area contributed by atoms with Crippen LogP contribution in [0.2, 0.25) is 0 Å². The Morgan fingerprint density at radius 2 is 1.94 bits per heavy atom. The van der Waals surface area contributed by atoms with Crippen LogP contribution in [0.4, 0.5) is 4.39 Å². The van der Waals surface area contributed by atoms with Crippen molar-refractivity contribution in [1.29, 1.82) is 0 Å². The van der Waals surface area contributed by atoms with E-state index in [4.69, 9.17) is 17.0 Å². The molecule has 1 fully saturated rings. The first-order valence-corrected chi connectivity index (χ1v) is 6.26. The van der Waals surface area contributed by atoms with Gasteiger partial charge >= 0.3 is 0 Å². The van der Waals surface area contributed by atoms with Crippen molar-refractivity contribution >= 4 is 17.3 Å². The number of nitrogens with zero attached hydrogens (tertiary/aromatic N) is 1. The third-order valence-corrected chi connectivity index (χ3v) is 2.87. The summed E-state index contributed by atoms with van der Waals surface area (Å²) in [6.07, 6.45) is 0. The van der Waals surface area contributed by atoms with E-state index in [0.717, 1.165) is 18.7 Å². The van der Waals surface area contributed by atoms with E-state index >= 15 is 0 Å². The molecule has 2 N–H and O–H groups in total. The van der Waals surface area contributed by atoms with Crippen molar-refractivity contribution in [2.45, 2.75) is 6.54 Å². The third-order valence-electron chi connectivity index (χ3n) is 2.64. The van der Waals surface area contributed by atoms with Gasteiger partial charge in [-0.25, -0.2) is 9.40 Å². The average molecular weight is 269 g/mol. The van der Waals surface area contributed by atoms with Gasteiger partial charge in [-0.05, 0) is 29.9 Å². The average Bonchev–Trinajstić information content (AvgIpc) is 2.39. The van der Waals surface area contributed by atoms with Crippen molar-refractivity contribution in [2.75, 3.05) is 26.3 Å². The summed E-state index contributed by atoms with van der Waals surface area (Å²) >= 11 is 5.18. The predicted molar refractivity (Wildman–Crippen MR) is 71.4 cm³/mol. The Bertz CT molecular complexity index is 393. The highest BCUT2D eigenvalue weighted by Crippen LogP contribution is 2.02. The van der Waals surface area contributed by atoms with E-state index in [9.17, 15) is 4.39 Å². The van der Waals surface area contributed by atoms with Crippen molar-refractivity contribution < 1.29 is 9.13 Å². The van der Waals surface area contributed by atoms with E-state index in [-0.39, 0.29) is 5.82 Å². The van der Waals surface area contributed by atoms with E-state index in [1.165, 1.54) is 12.1 Å². The fourth-order valence-electron chi connectivity index (χ4n) is 1.64. The zero-order valence-electron chi connectivity index (χ0n) is 9.99. The second kappa shape index (κ2) is 6.63. The Hall–Kier alpha value is -1.24. The molecule has 0 radical (unpaired) electrons. The van der Waals surface area contributed by atoms with E-state index < -0.39 is 0 Å². The molecule has 0 aliphatic carbocycles. The summed E-state index contributed by atoms with van der Waals surface area (Å²) in [4.78, 5) is 0. The summed E-state index contributed by atoms with van der Waals surface area (Å²) in [5, 5.41) is 5.67.